The van der Waals surface area contributed by atoms with Crippen LogP contribution in [-0.2, 0) is 0 Å². The summed E-state index contributed by atoms with van der Waals surface area (Å²) < 4.78 is 5.41. The second-order valence-electron chi connectivity index (χ2n) is 6.14. The Kier molecular flexibility index (Phi) is 6.09. The molecule has 130 valence electrons. The van der Waals surface area contributed by atoms with Gasteiger partial charge in [0.05, 0.1) is 6.26 Å². The molecule has 1 N–H and O–H groups in total. The predicted octanol–water partition coefficient (Wildman–Crippen LogP) is 5.40. The molecule has 0 radical (unpaired) electrons. The molecule has 1 heterocycles. The van der Waals surface area contributed by atoms with Gasteiger partial charge in [0.1, 0.15) is 11.9 Å². The Hall–Kier alpha value is -3.02. The van der Waals surface area contributed by atoms with Crippen molar-refractivity contribution < 1.29 is 9.52 Å². The van der Waals surface area contributed by atoms with Crippen LogP contribution in [0.4, 0.5) is 0 Å². The van der Waals surface area contributed by atoms with E-state index < -0.39 is 6.10 Å². The molecule has 0 saturated heterocycles. The topological polar surface area (TPSA) is 33.4 Å². The maximum atomic E-state index is 10.8. The predicted molar refractivity (Wildman–Crippen MR) is 105 cm³/mol. The van der Waals surface area contributed by atoms with Gasteiger partial charge in [-0.25, -0.2) is 0 Å². The Labute approximate surface area is 154 Å². The third-order valence-corrected chi connectivity index (χ3v) is 4.29. The average molecular weight is 342 g/mol. The molecule has 2 nitrogen and oxygen atoms in total. The molecule has 0 unspecified atom stereocenters. The minimum absolute atomic E-state index is 0.180. The van der Waals surface area contributed by atoms with Crippen molar-refractivity contribution in [1.82, 2.24) is 0 Å². The zero-order chi connectivity index (χ0) is 18.2. The smallest absolute Gasteiger partial charge is 0.133 e. The Morgan fingerprint density at radius 3 is 2.50 bits per heavy atom. The van der Waals surface area contributed by atoms with Crippen LogP contribution in [-0.4, -0.2) is 5.11 Å². The molecule has 0 amide bonds. The first kappa shape index (κ1) is 17.8. The van der Waals surface area contributed by atoms with Gasteiger partial charge in [-0.1, -0.05) is 66.5 Å². The summed E-state index contributed by atoms with van der Waals surface area (Å²) in [5.74, 6) is 6.69. The normalized spacial score (nSPS) is 13.2. The van der Waals surface area contributed by atoms with Crippen LogP contribution in [0.15, 0.2) is 89.6 Å². The van der Waals surface area contributed by atoms with Gasteiger partial charge in [-0.3, -0.25) is 0 Å². The summed E-state index contributed by atoms with van der Waals surface area (Å²) in [6, 6.07) is 21.6. The number of allylic oxidation sites excluding steroid dienone is 1. The van der Waals surface area contributed by atoms with Gasteiger partial charge >= 0.3 is 0 Å². The van der Waals surface area contributed by atoms with Crippen molar-refractivity contribution in [3.8, 4) is 11.8 Å². The molecule has 2 aromatic carbocycles. The number of furan rings is 1. The summed E-state index contributed by atoms with van der Waals surface area (Å²) in [4.78, 5) is 0. The number of aryl methyl sites for hydroxylation is 1. The lowest BCUT2D eigenvalue weighted by Gasteiger charge is -2.20. The number of aliphatic hydroxyl groups excluding tert-OH is 1. The first-order valence-corrected chi connectivity index (χ1v) is 8.73. The largest absolute Gasteiger partial charge is 0.467 e. The van der Waals surface area contributed by atoms with Gasteiger partial charge < -0.3 is 9.52 Å². The first-order valence-electron chi connectivity index (χ1n) is 8.73. The van der Waals surface area contributed by atoms with Gasteiger partial charge in [0, 0.05) is 17.9 Å². The quantitative estimate of drug-likeness (QED) is 0.497. The second-order valence-corrected chi connectivity index (χ2v) is 6.14. The van der Waals surface area contributed by atoms with Crippen LogP contribution in [0.2, 0.25) is 0 Å². The highest BCUT2D eigenvalue weighted by Crippen LogP contribution is 2.34. The van der Waals surface area contributed by atoms with Gasteiger partial charge in [-0.15, -0.1) is 0 Å². The fraction of sp³-hybridized carbons (Fsp3) is 0.167. The molecule has 3 rings (SSSR count). The first-order chi connectivity index (χ1) is 12.8. The van der Waals surface area contributed by atoms with Crippen LogP contribution in [0.5, 0.6) is 0 Å². The van der Waals surface area contributed by atoms with Crippen molar-refractivity contribution >= 4 is 0 Å². The van der Waals surface area contributed by atoms with Crippen molar-refractivity contribution in [2.45, 2.75) is 25.4 Å². The summed E-state index contributed by atoms with van der Waals surface area (Å²) in [5.41, 5.74) is 3.23. The molecule has 0 aliphatic rings. The molecule has 0 spiro atoms. The van der Waals surface area contributed by atoms with E-state index in [1.807, 2.05) is 60.7 Å². The second kappa shape index (κ2) is 8.89. The van der Waals surface area contributed by atoms with Crippen molar-refractivity contribution in [3.63, 3.8) is 0 Å². The lowest BCUT2D eigenvalue weighted by atomic mass is 9.88. The Bertz CT molecular complexity index is 896. The maximum absolute atomic E-state index is 10.8. The van der Waals surface area contributed by atoms with Crippen LogP contribution in [0.25, 0.3) is 0 Å². The molecular formula is C24H22O2. The Balaban J connectivity index is 1.78. The highest BCUT2D eigenvalue weighted by molar-refractivity contribution is 5.36. The molecule has 2 atom stereocenters. The highest BCUT2D eigenvalue weighted by Gasteiger charge is 2.23. The van der Waals surface area contributed by atoms with E-state index in [4.69, 9.17) is 4.42 Å². The van der Waals surface area contributed by atoms with Crippen LogP contribution in [0.1, 0.15) is 40.9 Å². The van der Waals surface area contributed by atoms with Crippen LogP contribution >= 0.6 is 0 Å². The fourth-order valence-corrected chi connectivity index (χ4v) is 2.92. The number of aliphatic hydroxyl groups is 1. The SMILES string of the molecule is Cc1ccccc1[C@H](/C=C\CC#Cc1ccccc1)[C@@H](O)c1ccco1. The van der Waals surface area contributed by atoms with Crippen LogP contribution in [0.3, 0.4) is 0 Å². The molecule has 3 aromatic rings. The Morgan fingerprint density at radius 2 is 1.77 bits per heavy atom. The lowest BCUT2D eigenvalue weighted by molar-refractivity contribution is 0.134. The maximum Gasteiger partial charge on any atom is 0.133 e. The van der Waals surface area contributed by atoms with E-state index in [1.54, 1.807) is 18.4 Å². The van der Waals surface area contributed by atoms with Crippen molar-refractivity contribution in [1.29, 1.82) is 0 Å². The molecule has 2 heteroatoms. The van der Waals surface area contributed by atoms with E-state index in [9.17, 15) is 5.11 Å². The summed E-state index contributed by atoms with van der Waals surface area (Å²) in [5, 5.41) is 10.8. The zero-order valence-electron chi connectivity index (χ0n) is 14.8. The molecule has 26 heavy (non-hydrogen) atoms. The summed E-state index contributed by atoms with van der Waals surface area (Å²) in [7, 11) is 0. The minimum Gasteiger partial charge on any atom is -0.467 e. The monoisotopic (exact) mass is 342 g/mol. The molecule has 1 aromatic heterocycles. The number of rotatable bonds is 5. The van der Waals surface area contributed by atoms with Gasteiger partial charge in [0.2, 0.25) is 0 Å². The van der Waals surface area contributed by atoms with Gasteiger partial charge in [-0.2, -0.15) is 0 Å². The summed E-state index contributed by atoms with van der Waals surface area (Å²) in [6.07, 6.45) is 5.52. The van der Waals surface area contributed by atoms with Crippen molar-refractivity contribution in [2.24, 2.45) is 0 Å². The molecule has 0 aliphatic heterocycles. The highest BCUT2D eigenvalue weighted by atomic mass is 16.4. The molecule has 0 saturated carbocycles. The van der Waals surface area contributed by atoms with E-state index in [-0.39, 0.29) is 5.92 Å². The van der Waals surface area contributed by atoms with E-state index >= 15 is 0 Å². The number of hydrogen-bond donors (Lipinski definition) is 1. The lowest BCUT2D eigenvalue weighted by Crippen LogP contribution is -2.09. The van der Waals surface area contributed by atoms with E-state index in [1.165, 1.54) is 0 Å². The zero-order valence-corrected chi connectivity index (χ0v) is 14.8. The molecular weight excluding hydrogens is 320 g/mol. The third-order valence-electron chi connectivity index (χ3n) is 4.29. The van der Waals surface area contributed by atoms with Gasteiger partial charge in [0.15, 0.2) is 0 Å². The molecule has 0 fully saturated rings. The van der Waals surface area contributed by atoms with Crippen molar-refractivity contribution in [3.05, 3.63) is 108 Å². The minimum atomic E-state index is -0.732. The average Bonchev–Trinajstić information content (AvgIpc) is 3.21. The van der Waals surface area contributed by atoms with Crippen LogP contribution in [0, 0.1) is 18.8 Å². The summed E-state index contributed by atoms with van der Waals surface area (Å²) >= 11 is 0. The Morgan fingerprint density at radius 1 is 1.00 bits per heavy atom. The molecule has 0 bridgehead atoms. The van der Waals surface area contributed by atoms with Gasteiger partial charge in [-0.05, 0) is 42.3 Å². The molecule has 0 aliphatic carbocycles. The van der Waals surface area contributed by atoms with E-state index in [2.05, 4.69) is 24.8 Å². The van der Waals surface area contributed by atoms with E-state index in [0.29, 0.717) is 12.2 Å². The third kappa shape index (κ3) is 4.53. The van der Waals surface area contributed by atoms with E-state index in [0.717, 1.165) is 16.7 Å². The number of hydrogen-bond acceptors (Lipinski definition) is 2. The fourth-order valence-electron chi connectivity index (χ4n) is 2.92. The van der Waals surface area contributed by atoms with Crippen molar-refractivity contribution in [2.75, 3.05) is 0 Å². The van der Waals surface area contributed by atoms with Gasteiger partial charge in [0.25, 0.3) is 0 Å². The van der Waals surface area contributed by atoms with Crippen LogP contribution < -0.4 is 0 Å². The standard InChI is InChI=1S/C24H22O2/c1-19-11-8-9-15-21(19)22(24(25)23-17-10-18-26-23)16-7-3-6-14-20-12-4-2-5-13-20/h2,4-5,7-13,15-18,22,24-25H,3H2,1H3/b16-7-/t22-,24+/m0/s1. The summed E-state index contributed by atoms with van der Waals surface area (Å²) in [6.45, 7) is 2.06. The number of benzene rings is 2.